The van der Waals surface area contributed by atoms with Crippen LogP contribution >= 0.6 is 0 Å². The van der Waals surface area contributed by atoms with Gasteiger partial charge in [0.15, 0.2) is 0 Å². The lowest BCUT2D eigenvalue weighted by Gasteiger charge is -2.30. The van der Waals surface area contributed by atoms with Crippen LogP contribution in [-0.4, -0.2) is 42.0 Å². The summed E-state index contributed by atoms with van der Waals surface area (Å²) in [6.07, 6.45) is 2.32. The lowest BCUT2D eigenvalue weighted by Crippen LogP contribution is -2.50. The minimum Gasteiger partial charge on any atom is -0.444 e. The zero-order chi connectivity index (χ0) is 12.9. The first-order chi connectivity index (χ1) is 7.90. The van der Waals surface area contributed by atoms with E-state index in [1.54, 1.807) is 0 Å². The molecule has 3 N–H and O–H groups in total. The van der Waals surface area contributed by atoms with Gasteiger partial charge in [-0.05, 0) is 40.0 Å². The second-order valence-electron chi connectivity index (χ2n) is 5.54. The largest absolute Gasteiger partial charge is 0.444 e. The number of carbonyl (C=O) groups is 1. The molecular weight excluding hydrogens is 220 g/mol. The van der Waals surface area contributed by atoms with Crippen molar-refractivity contribution >= 4 is 6.09 Å². The molecule has 0 radical (unpaired) electrons. The van der Waals surface area contributed by atoms with Gasteiger partial charge in [0, 0.05) is 25.2 Å². The van der Waals surface area contributed by atoms with Crippen molar-refractivity contribution in [1.29, 1.82) is 0 Å². The van der Waals surface area contributed by atoms with Crippen LogP contribution in [0.4, 0.5) is 4.79 Å². The van der Waals surface area contributed by atoms with Crippen LogP contribution in [0.25, 0.3) is 0 Å². The summed E-state index contributed by atoms with van der Waals surface area (Å²) < 4.78 is 5.20. The van der Waals surface area contributed by atoms with Crippen LogP contribution in [0, 0.1) is 0 Å². The summed E-state index contributed by atoms with van der Waals surface area (Å²) in [6, 6.07) is 0.497. The molecule has 100 valence electrons. The molecule has 1 fully saturated rings. The normalized spacial score (nSPS) is 25.4. The number of aliphatic hydroxyl groups excluding tert-OH is 1. The Morgan fingerprint density at radius 3 is 2.65 bits per heavy atom. The number of aliphatic hydroxyl groups is 1. The maximum Gasteiger partial charge on any atom is 0.407 e. The van der Waals surface area contributed by atoms with Crippen molar-refractivity contribution in [3.8, 4) is 0 Å². The van der Waals surface area contributed by atoms with Crippen molar-refractivity contribution in [2.45, 2.75) is 57.7 Å². The molecule has 1 heterocycles. The first-order valence-corrected chi connectivity index (χ1v) is 6.24. The van der Waals surface area contributed by atoms with Crippen LogP contribution in [0.1, 0.15) is 40.0 Å². The number of hydrogen-bond donors (Lipinski definition) is 3. The number of ether oxygens (including phenoxy) is 1. The van der Waals surface area contributed by atoms with Gasteiger partial charge in [0.05, 0.1) is 0 Å². The maximum absolute atomic E-state index is 11.5. The lowest BCUT2D eigenvalue weighted by atomic mass is 9.99. The first kappa shape index (κ1) is 14.3. The second-order valence-corrected chi connectivity index (χ2v) is 5.54. The highest BCUT2D eigenvalue weighted by Crippen LogP contribution is 2.12. The number of hydrogen-bond acceptors (Lipinski definition) is 4. The summed E-state index contributed by atoms with van der Waals surface area (Å²) in [4.78, 5) is 11.5. The Morgan fingerprint density at radius 2 is 2.18 bits per heavy atom. The summed E-state index contributed by atoms with van der Waals surface area (Å²) in [7, 11) is 0. The molecule has 0 unspecified atom stereocenters. The van der Waals surface area contributed by atoms with E-state index in [2.05, 4.69) is 10.6 Å². The molecule has 0 aromatic carbocycles. The minimum atomic E-state index is -0.453. The highest BCUT2D eigenvalue weighted by Gasteiger charge is 2.23. The summed E-state index contributed by atoms with van der Waals surface area (Å²) in [5, 5.41) is 15.0. The van der Waals surface area contributed by atoms with E-state index >= 15 is 0 Å². The second kappa shape index (κ2) is 6.21. The van der Waals surface area contributed by atoms with E-state index in [1.807, 2.05) is 20.8 Å². The van der Waals surface area contributed by atoms with Crippen LogP contribution in [0.15, 0.2) is 0 Å². The summed E-state index contributed by atoms with van der Waals surface area (Å²) >= 11 is 0. The van der Waals surface area contributed by atoms with E-state index in [0.29, 0.717) is 6.04 Å². The maximum atomic E-state index is 11.5. The third-order valence-electron chi connectivity index (χ3n) is 2.71. The Bertz CT molecular complexity index is 243. The highest BCUT2D eigenvalue weighted by molar-refractivity contribution is 5.68. The molecule has 1 saturated heterocycles. The quantitative estimate of drug-likeness (QED) is 0.693. The van der Waals surface area contributed by atoms with Crippen LogP contribution in [0.2, 0.25) is 0 Å². The van der Waals surface area contributed by atoms with Crippen molar-refractivity contribution < 1.29 is 14.6 Å². The molecule has 2 atom stereocenters. The molecule has 0 saturated carbocycles. The van der Waals surface area contributed by atoms with Crippen molar-refractivity contribution in [3.05, 3.63) is 0 Å². The minimum absolute atomic E-state index is 0.125. The fourth-order valence-corrected chi connectivity index (χ4v) is 1.92. The number of alkyl carbamates (subject to hydrolysis) is 1. The molecular formula is C12H24N2O3. The van der Waals surface area contributed by atoms with E-state index in [0.717, 1.165) is 25.8 Å². The smallest absolute Gasteiger partial charge is 0.407 e. The van der Waals surface area contributed by atoms with E-state index in [-0.39, 0.29) is 18.7 Å². The molecule has 1 aliphatic heterocycles. The number of nitrogens with one attached hydrogen (secondary N) is 2. The molecule has 0 spiro atoms. The van der Waals surface area contributed by atoms with Crippen molar-refractivity contribution in [2.24, 2.45) is 0 Å². The van der Waals surface area contributed by atoms with Crippen molar-refractivity contribution in [3.63, 3.8) is 0 Å². The van der Waals surface area contributed by atoms with Crippen LogP contribution in [0.5, 0.6) is 0 Å². The monoisotopic (exact) mass is 244 g/mol. The Labute approximate surface area is 103 Å². The average molecular weight is 244 g/mol. The molecule has 0 aromatic rings. The van der Waals surface area contributed by atoms with E-state index in [1.165, 1.54) is 0 Å². The van der Waals surface area contributed by atoms with Gasteiger partial charge in [-0.3, -0.25) is 0 Å². The van der Waals surface area contributed by atoms with Gasteiger partial charge < -0.3 is 20.5 Å². The van der Waals surface area contributed by atoms with E-state index < -0.39 is 5.60 Å². The lowest BCUT2D eigenvalue weighted by molar-refractivity contribution is 0.0491. The zero-order valence-electron chi connectivity index (χ0n) is 11.0. The van der Waals surface area contributed by atoms with Gasteiger partial charge >= 0.3 is 6.09 Å². The molecule has 17 heavy (non-hydrogen) atoms. The van der Waals surface area contributed by atoms with E-state index in [4.69, 9.17) is 9.84 Å². The number of amides is 1. The standard InChI is InChI=1S/C12H24N2O3/c1-12(2,3)17-11(16)14-10-5-4-9(6-7-15)13-8-10/h9-10,13,15H,4-8H2,1-3H3,(H,14,16)/t9-,10-/m1/s1. The highest BCUT2D eigenvalue weighted by atomic mass is 16.6. The van der Waals surface area contributed by atoms with Gasteiger partial charge in [-0.15, -0.1) is 0 Å². The molecule has 5 nitrogen and oxygen atoms in total. The van der Waals surface area contributed by atoms with Crippen molar-refractivity contribution in [2.75, 3.05) is 13.2 Å². The Balaban J connectivity index is 2.24. The predicted octanol–water partition coefficient (Wildman–Crippen LogP) is 1.01. The number of carbonyl (C=O) groups excluding carboxylic acids is 1. The number of piperidine rings is 1. The van der Waals surface area contributed by atoms with Gasteiger partial charge in [0.2, 0.25) is 0 Å². The third-order valence-corrected chi connectivity index (χ3v) is 2.71. The van der Waals surface area contributed by atoms with Crippen LogP contribution < -0.4 is 10.6 Å². The first-order valence-electron chi connectivity index (χ1n) is 6.24. The van der Waals surface area contributed by atoms with Crippen molar-refractivity contribution in [1.82, 2.24) is 10.6 Å². The molecule has 1 amide bonds. The van der Waals surface area contributed by atoms with Crippen LogP contribution in [-0.2, 0) is 4.74 Å². The molecule has 1 aliphatic rings. The fraction of sp³-hybridized carbons (Fsp3) is 0.917. The molecule has 1 rings (SSSR count). The van der Waals surface area contributed by atoms with Gasteiger partial charge in [0.1, 0.15) is 5.60 Å². The Morgan fingerprint density at radius 1 is 1.47 bits per heavy atom. The molecule has 0 bridgehead atoms. The van der Waals surface area contributed by atoms with Gasteiger partial charge in [-0.25, -0.2) is 4.79 Å². The predicted molar refractivity (Wildman–Crippen MR) is 65.9 cm³/mol. The topological polar surface area (TPSA) is 70.6 Å². The van der Waals surface area contributed by atoms with Gasteiger partial charge in [0.25, 0.3) is 0 Å². The van der Waals surface area contributed by atoms with Gasteiger partial charge in [-0.2, -0.15) is 0 Å². The summed E-state index contributed by atoms with van der Waals surface area (Å²) in [6.45, 7) is 6.50. The number of rotatable bonds is 3. The van der Waals surface area contributed by atoms with Crippen LogP contribution in [0.3, 0.4) is 0 Å². The fourth-order valence-electron chi connectivity index (χ4n) is 1.92. The summed E-state index contributed by atoms with van der Waals surface area (Å²) in [5.74, 6) is 0. The zero-order valence-corrected chi connectivity index (χ0v) is 11.0. The third kappa shape index (κ3) is 5.89. The van der Waals surface area contributed by atoms with Gasteiger partial charge in [-0.1, -0.05) is 0 Å². The molecule has 0 aromatic heterocycles. The SMILES string of the molecule is CC(C)(C)OC(=O)N[C@@H]1CC[C@H](CCO)NC1. The molecule has 5 heteroatoms. The Kier molecular flexibility index (Phi) is 5.21. The summed E-state index contributed by atoms with van der Waals surface area (Å²) in [5.41, 5.74) is -0.453. The van der Waals surface area contributed by atoms with E-state index in [9.17, 15) is 4.79 Å². The average Bonchev–Trinajstić information content (AvgIpc) is 2.18. The molecule has 0 aliphatic carbocycles. The Hall–Kier alpha value is -0.810.